The highest BCUT2D eigenvalue weighted by Crippen LogP contribution is 2.50. The maximum Gasteiger partial charge on any atom is 0.353 e. The standard InChI is InChI=1S/C19H23N3O5S2/c1-9-15-14(10(2)23)18(25)22(15)16(19(26)27)17(9)28-4-3-13-20-11(8-29-13)5-21-6-12(24)7-21/h3-4,8-10,12,14-15,23-24H,5-7H2,1-2H3,(H,26,27)/b4-3-/t9-,10-,14-,15-/m1/s1. The van der Waals surface area contributed by atoms with Gasteiger partial charge < -0.3 is 20.2 Å². The van der Waals surface area contributed by atoms with E-state index in [0.29, 0.717) is 24.5 Å². The lowest BCUT2D eigenvalue weighted by Crippen LogP contribution is -2.63. The molecule has 1 amide bonds. The highest BCUT2D eigenvalue weighted by molar-refractivity contribution is 8.06. The molecule has 29 heavy (non-hydrogen) atoms. The lowest BCUT2D eigenvalue weighted by atomic mass is 9.79. The van der Waals surface area contributed by atoms with Crippen molar-refractivity contribution in [1.29, 1.82) is 0 Å². The number of carboxylic acid groups (broad SMARTS) is 1. The van der Waals surface area contributed by atoms with Gasteiger partial charge in [0, 0.05) is 35.8 Å². The van der Waals surface area contributed by atoms with Gasteiger partial charge in [-0.1, -0.05) is 18.7 Å². The van der Waals surface area contributed by atoms with Crippen molar-refractivity contribution in [2.45, 2.75) is 38.6 Å². The van der Waals surface area contributed by atoms with E-state index in [0.717, 1.165) is 10.7 Å². The van der Waals surface area contributed by atoms with Crippen LogP contribution in [0.15, 0.2) is 21.4 Å². The summed E-state index contributed by atoms with van der Waals surface area (Å²) in [5.41, 5.74) is 0.968. The number of amides is 1. The van der Waals surface area contributed by atoms with Crippen LogP contribution in [0.25, 0.3) is 6.08 Å². The normalized spacial score (nSPS) is 28.6. The van der Waals surface area contributed by atoms with Crippen LogP contribution in [-0.2, 0) is 16.1 Å². The smallest absolute Gasteiger partial charge is 0.353 e. The summed E-state index contributed by atoms with van der Waals surface area (Å²) in [5, 5.41) is 33.5. The number of carboxylic acids is 1. The van der Waals surface area contributed by atoms with Crippen LogP contribution in [-0.4, -0.2) is 73.3 Å². The summed E-state index contributed by atoms with van der Waals surface area (Å²) in [6.45, 7) is 5.52. The van der Waals surface area contributed by atoms with Crippen molar-refractivity contribution in [3.8, 4) is 0 Å². The number of β-lactam (4-membered cyclic amide) rings is 1. The number of aliphatic carboxylic acids is 1. The molecular formula is C19H23N3O5S2. The van der Waals surface area contributed by atoms with Crippen LogP contribution in [0.3, 0.4) is 0 Å². The fraction of sp³-hybridized carbons (Fsp3) is 0.526. The molecule has 0 aliphatic carbocycles. The maximum absolute atomic E-state index is 12.3. The van der Waals surface area contributed by atoms with Gasteiger partial charge in [-0.25, -0.2) is 9.78 Å². The Kier molecular flexibility index (Phi) is 5.56. The van der Waals surface area contributed by atoms with Gasteiger partial charge in [0.25, 0.3) is 0 Å². The van der Waals surface area contributed by atoms with Crippen LogP contribution < -0.4 is 0 Å². The first-order valence-electron chi connectivity index (χ1n) is 9.44. The minimum atomic E-state index is -1.12. The molecule has 0 aromatic carbocycles. The van der Waals surface area contributed by atoms with E-state index < -0.39 is 18.0 Å². The average Bonchev–Trinajstić information content (AvgIpc) is 3.15. The van der Waals surface area contributed by atoms with Crippen molar-refractivity contribution in [2.24, 2.45) is 11.8 Å². The Morgan fingerprint density at radius 3 is 2.83 bits per heavy atom. The van der Waals surface area contributed by atoms with E-state index in [9.17, 15) is 24.9 Å². The summed E-state index contributed by atoms with van der Waals surface area (Å²) < 4.78 is 0. The molecular weight excluding hydrogens is 414 g/mol. The zero-order chi connectivity index (χ0) is 20.9. The fourth-order valence-electron chi connectivity index (χ4n) is 4.22. The number of likely N-dealkylation sites (tertiary alicyclic amines) is 1. The van der Waals surface area contributed by atoms with Crippen LogP contribution in [0.1, 0.15) is 24.5 Å². The van der Waals surface area contributed by atoms with Crippen molar-refractivity contribution >= 4 is 41.1 Å². The fourth-order valence-corrected chi connectivity index (χ4v) is 6.00. The Morgan fingerprint density at radius 2 is 2.21 bits per heavy atom. The maximum atomic E-state index is 12.3. The third-order valence-corrected chi connectivity index (χ3v) is 7.56. The molecule has 0 spiro atoms. The SMILES string of the molecule is C[C@@H](O)[C@H]1C(=O)N2C(C(=O)O)=C(S/C=C\c3nc(CN4CC(O)C4)cs3)[C@H](C)[C@H]12. The minimum absolute atomic E-state index is 0.0234. The summed E-state index contributed by atoms with van der Waals surface area (Å²) in [7, 11) is 0. The van der Waals surface area contributed by atoms with Gasteiger partial charge in [-0.15, -0.1) is 11.3 Å². The predicted octanol–water partition coefficient (Wildman–Crippen LogP) is 1.18. The molecule has 0 unspecified atom stereocenters. The van der Waals surface area contributed by atoms with Gasteiger partial charge in [0.1, 0.15) is 10.7 Å². The monoisotopic (exact) mass is 437 g/mol. The summed E-state index contributed by atoms with van der Waals surface area (Å²) in [6.07, 6.45) is 0.801. The lowest BCUT2D eigenvalue weighted by Gasteiger charge is -2.46. The number of aliphatic hydroxyl groups is 2. The number of aromatic nitrogens is 1. The van der Waals surface area contributed by atoms with Crippen LogP contribution >= 0.6 is 23.1 Å². The van der Waals surface area contributed by atoms with Gasteiger partial charge in [-0.05, 0) is 18.4 Å². The Morgan fingerprint density at radius 1 is 1.48 bits per heavy atom. The van der Waals surface area contributed by atoms with E-state index in [1.807, 2.05) is 18.4 Å². The first-order chi connectivity index (χ1) is 13.8. The second-order valence-corrected chi connectivity index (χ2v) is 9.55. The number of hydrogen-bond acceptors (Lipinski definition) is 8. The van der Waals surface area contributed by atoms with Crippen LogP contribution in [0, 0.1) is 11.8 Å². The van der Waals surface area contributed by atoms with Gasteiger partial charge in [-0.3, -0.25) is 9.69 Å². The van der Waals surface area contributed by atoms with E-state index in [2.05, 4.69) is 9.88 Å². The van der Waals surface area contributed by atoms with E-state index in [1.54, 1.807) is 12.3 Å². The molecule has 3 aliphatic heterocycles. The molecule has 156 valence electrons. The molecule has 3 N–H and O–H groups in total. The number of β-amino-alcohol motifs (C(OH)–C–C–N with tert-alkyl or cyclic N) is 1. The van der Waals surface area contributed by atoms with E-state index in [4.69, 9.17) is 0 Å². The number of nitrogens with zero attached hydrogens (tertiary/aromatic N) is 3. The summed E-state index contributed by atoms with van der Waals surface area (Å²) in [5.74, 6) is -2.16. The molecule has 4 heterocycles. The molecule has 0 bridgehead atoms. The summed E-state index contributed by atoms with van der Waals surface area (Å²) >= 11 is 2.80. The molecule has 4 rings (SSSR count). The van der Waals surface area contributed by atoms with Crippen LogP contribution in [0.5, 0.6) is 0 Å². The lowest BCUT2D eigenvalue weighted by molar-refractivity contribution is -0.163. The second-order valence-electron chi connectivity index (χ2n) is 7.72. The molecule has 3 aliphatic rings. The summed E-state index contributed by atoms with van der Waals surface area (Å²) in [6, 6.07) is -0.303. The Balaban J connectivity index is 1.44. The number of hydrogen-bond donors (Lipinski definition) is 3. The Hall–Kier alpha value is -1.72. The van der Waals surface area contributed by atoms with Gasteiger partial charge in [-0.2, -0.15) is 0 Å². The third-order valence-electron chi connectivity index (χ3n) is 5.61. The molecule has 1 aromatic rings. The zero-order valence-electron chi connectivity index (χ0n) is 16.1. The Bertz CT molecular complexity index is 890. The van der Waals surface area contributed by atoms with E-state index >= 15 is 0 Å². The topological polar surface area (TPSA) is 114 Å². The molecule has 2 saturated heterocycles. The molecule has 8 nitrogen and oxygen atoms in total. The van der Waals surface area contributed by atoms with Crippen molar-refractivity contribution in [2.75, 3.05) is 13.1 Å². The molecule has 0 radical (unpaired) electrons. The quantitative estimate of drug-likeness (QED) is 0.545. The Labute approximate surface area is 176 Å². The number of rotatable bonds is 7. The molecule has 0 saturated carbocycles. The number of thioether (sulfide) groups is 1. The molecule has 10 heteroatoms. The third kappa shape index (κ3) is 3.64. The van der Waals surface area contributed by atoms with Crippen molar-refractivity contribution in [3.63, 3.8) is 0 Å². The number of carbonyl (C=O) groups is 2. The van der Waals surface area contributed by atoms with Crippen LogP contribution in [0.4, 0.5) is 0 Å². The van der Waals surface area contributed by atoms with Crippen molar-refractivity contribution in [3.05, 3.63) is 32.1 Å². The number of aliphatic hydroxyl groups excluding tert-OH is 2. The molecule has 1 aromatic heterocycles. The predicted molar refractivity (Wildman–Crippen MR) is 110 cm³/mol. The number of fused-ring (bicyclic) bond motifs is 1. The number of carbonyl (C=O) groups excluding carboxylic acids is 1. The first kappa shape index (κ1) is 20.5. The van der Waals surface area contributed by atoms with Crippen LogP contribution in [0.2, 0.25) is 0 Å². The highest BCUT2D eigenvalue weighted by atomic mass is 32.2. The van der Waals surface area contributed by atoms with Gasteiger partial charge in [0.2, 0.25) is 5.91 Å². The summed E-state index contributed by atoms with van der Waals surface area (Å²) in [4.78, 5) is 32.7. The van der Waals surface area contributed by atoms with E-state index in [-0.39, 0.29) is 29.7 Å². The molecule has 4 atom stereocenters. The van der Waals surface area contributed by atoms with Crippen molar-refractivity contribution in [1.82, 2.24) is 14.8 Å². The van der Waals surface area contributed by atoms with Crippen molar-refractivity contribution < 1.29 is 24.9 Å². The van der Waals surface area contributed by atoms with E-state index in [1.165, 1.54) is 28.0 Å². The van der Waals surface area contributed by atoms with Gasteiger partial charge in [0.15, 0.2) is 0 Å². The zero-order valence-corrected chi connectivity index (χ0v) is 17.7. The average molecular weight is 438 g/mol. The minimum Gasteiger partial charge on any atom is -0.477 e. The second kappa shape index (κ2) is 7.84. The largest absolute Gasteiger partial charge is 0.477 e. The van der Waals surface area contributed by atoms with Gasteiger partial charge in [0.05, 0.1) is 29.9 Å². The van der Waals surface area contributed by atoms with Gasteiger partial charge >= 0.3 is 5.97 Å². The highest BCUT2D eigenvalue weighted by Gasteiger charge is 2.59. The molecule has 2 fully saturated rings. The first-order valence-corrected chi connectivity index (χ1v) is 11.2. The number of thiazole rings is 1.